The summed E-state index contributed by atoms with van der Waals surface area (Å²) in [4.78, 5) is 16.4. The third-order valence-electron chi connectivity index (χ3n) is 5.20. The zero-order chi connectivity index (χ0) is 18.4. The van der Waals surface area contributed by atoms with Crippen molar-refractivity contribution >= 4 is 17.7 Å². The molecule has 2 aromatic rings. The lowest BCUT2D eigenvalue weighted by Crippen LogP contribution is -2.46. The number of nitrogens with zero attached hydrogens (tertiary/aromatic N) is 1. The number of amides is 1. The summed E-state index contributed by atoms with van der Waals surface area (Å²) < 4.78 is 0. The predicted molar refractivity (Wildman–Crippen MR) is 111 cm³/mol. The third-order valence-corrected chi connectivity index (χ3v) is 5.95. The zero-order valence-electron chi connectivity index (χ0n) is 15.7. The van der Waals surface area contributed by atoms with Crippen LogP contribution in [0.25, 0.3) is 11.1 Å². The highest BCUT2D eigenvalue weighted by molar-refractivity contribution is 7.98. The molecule has 0 radical (unpaired) electrons. The molecule has 1 heterocycles. The van der Waals surface area contributed by atoms with Crippen LogP contribution in [-0.2, 0) is 0 Å². The lowest BCUT2D eigenvalue weighted by atomic mass is 10.0. The molecular formula is C22H28N2OS. The smallest absolute Gasteiger partial charge is 0.251 e. The maximum atomic E-state index is 12.6. The summed E-state index contributed by atoms with van der Waals surface area (Å²) in [5.41, 5.74) is 2.95. The van der Waals surface area contributed by atoms with E-state index in [9.17, 15) is 4.79 Å². The van der Waals surface area contributed by atoms with Gasteiger partial charge < -0.3 is 5.32 Å². The number of likely N-dealkylation sites (tertiary alicyclic amines) is 1. The highest BCUT2D eigenvalue weighted by Gasteiger charge is 2.21. The maximum absolute atomic E-state index is 12.6. The van der Waals surface area contributed by atoms with Crippen molar-refractivity contribution in [2.24, 2.45) is 0 Å². The molecule has 3 nitrogen and oxygen atoms in total. The van der Waals surface area contributed by atoms with Crippen molar-refractivity contribution < 1.29 is 4.79 Å². The summed E-state index contributed by atoms with van der Waals surface area (Å²) in [6.07, 6.45) is 5.79. The fraction of sp³-hybridized carbons (Fsp3) is 0.409. The van der Waals surface area contributed by atoms with Gasteiger partial charge in [-0.15, -0.1) is 11.8 Å². The van der Waals surface area contributed by atoms with Gasteiger partial charge in [0, 0.05) is 23.0 Å². The molecule has 0 unspecified atom stereocenters. The van der Waals surface area contributed by atoms with Crippen LogP contribution in [0.1, 0.15) is 36.5 Å². The van der Waals surface area contributed by atoms with E-state index in [2.05, 4.69) is 53.7 Å². The third kappa shape index (κ3) is 4.68. The van der Waals surface area contributed by atoms with Crippen molar-refractivity contribution in [1.82, 2.24) is 10.2 Å². The Morgan fingerprint density at radius 1 is 1.15 bits per heavy atom. The summed E-state index contributed by atoms with van der Waals surface area (Å²) in [6, 6.07) is 16.9. The second-order valence-electron chi connectivity index (χ2n) is 6.80. The van der Waals surface area contributed by atoms with Gasteiger partial charge in [-0.1, -0.05) is 37.6 Å². The van der Waals surface area contributed by atoms with Crippen LogP contribution < -0.4 is 5.32 Å². The molecule has 1 aliphatic rings. The number of thioether (sulfide) groups is 1. The van der Waals surface area contributed by atoms with E-state index in [1.54, 1.807) is 11.8 Å². The van der Waals surface area contributed by atoms with E-state index in [0.29, 0.717) is 6.04 Å². The van der Waals surface area contributed by atoms with Crippen molar-refractivity contribution in [2.45, 2.75) is 37.1 Å². The minimum atomic E-state index is 0.0224. The normalized spacial score (nSPS) is 17.8. The van der Waals surface area contributed by atoms with E-state index in [4.69, 9.17) is 0 Å². The number of benzene rings is 2. The van der Waals surface area contributed by atoms with Gasteiger partial charge in [0.1, 0.15) is 0 Å². The molecule has 1 aliphatic heterocycles. The Morgan fingerprint density at radius 2 is 1.96 bits per heavy atom. The van der Waals surface area contributed by atoms with Crippen molar-refractivity contribution in [2.75, 3.05) is 25.9 Å². The van der Waals surface area contributed by atoms with E-state index in [1.165, 1.54) is 24.2 Å². The van der Waals surface area contributed by atoms with Crippen LogP contribution in [0.3, 0.4) is 0 Å². The van der Waals surface area contributed by atoms with E-state index in [1.807, 2.05) is 18.2 Å². The molecule has 26 heavy (non-hydrogen) atoms. The first kappa shape index (κ1) is 19.0. The Morgan fingerprint density at radius 3 is 2.69 bits per heavy atom. The monoisotopic (exact) mass is 368 g/mol. The van der Waals surface area contributed by atoms with Crippen LogP contribution in [0, 0.1) is 0 Å². The van der Waals surface area contributed by atoms with Crippen LogP contribution in [-0.4, -0.2) is 42.7 Å². The summed E-state index contributed by atoms with van der Waals surface area (Å²) in [6.45, 7) is 5.14. The topological polar surface area (TPSA) is 32.3 Å². The molecule has 0 aliphatic carbocycles. The van der Waals surface area contributed by atoms with Gasteiger partial charge in [-0.2, -0.15) is 0 Å². The quantitative estimate of drug-likeness (QED) is 0.752. The SMILES string of the molecule is CCN1CCCC[C@H]1CNC(=O)c1cccc(-c2ccc(SC)cc2)c1. The van der Waals surface area contributed by atoms with Gasteiger partial charge in [0.2, 0.25) is 0 Å². The number of likely N-dealkylation sites (N-methyl/N-ethyl adjacent to an activating group) is 1. The summed E-state index contributed by atoms with van der Waals surface area (Å²) in [5, 5.41) is 3.15. The molecular weight excluding hydrogens is 340 g/mol. The van der Waals surface area contributed by atoms with Gasteiger partial charge in [-0.3, -0.25) is 9.69 Å². The largest absolute Gasteiger partial charge is 0.350 e. The van der Waals surface area contributed by atoms with Crippen molar-refractivity contribution in [3.63, 3.8) is 0 Å². The molecule has 1 saturated heterocycles. The Balaban J connectivity index is 1.66. The fourth-order valence-corrected chi connectivity index (χ4v) is 4.05. The van der Waals surface area contributed by atoms with Crippen molar-refractivity contribution in [3.05, 3.63) is 54.1 Å². The van der Waals surface area contributed by atoms with E-state index >= 15 is 0 Å². The van der Waals surface area contributed by atoms with Crippen molar-refractivity contribution in [1.29, 1.82) is 0 Å². The Kier molecular flexibility index (Phi) is 6.75. The van der Waals surface area contributed by atoms with Gasteiger partial charge in [-0.25, -0.2) is 0 Å². The number of rotatable bonds is 6. The molecule has 4 heteroatoms. The lowest BCUT2D eigenvalue weighted by molar-refractivity contribution is 0.0918. The second-order valence-corrected chi connectivity index (χ2v) is 7.68. The molecule has 1 amide bonds. The lowest BCUT2D eigenvalue weighted by Gasteiger charge is -2.34. The minimum Gasteiger partial charge on any atom is -0.350 e. The fourth-order valence-electron chi connectivity index (χ4n) is 3.64. The van der Waals surface area contributed by atoms with Crippen LogP contribution in [0.2, 0.25) is 0 Å². The Hall–Kier alpha value is -1.78. The molecule has 0 bridgehead atoms. The van der Waals surface area contributed by atoms with Crippen LogP contribution in [0.15, 0.2) is 53.4 Å². The Bertz CT molecular complexity index is 729. The molecule has 0 aromatic heterocycles. The highest BCUT2D eigenvalue weighted by Crippen LogP contribution is 2.24. The number of hydrogen-bond acceptors (Lipinski definition) is 3. The van der Waals surface area contributed by atoms with Gasteiger partial charge in [0.05, 0.1) is 0 Å². The van der Waals surface area contributed by atoms with Crippen LogP contribution in [0.4, 0.5) is 0 Å². The summed E-state index contributed by atoms with van der Waals surface area (Å²) in [7, 11) is 0. The van der Waals surface area contributed by atoms with Gasteiger partial charge in [0.15, 0.2) is 0 Å². The van der Waals surface area contributed by atoms with E-state index in [0.717, 1.165) is 36.3 Å². The average Bonchev–Trinajstić information content (AvgIpc) is 2.72. The molecule has 1 fully saturated rings. The molecule has 1 atom stereocenters. The highest BCUT2D eigenvalue weighted by atomic mass is 32.2. The number of nitrogens with one attached hydrogen (secondary N) is 1. The van der Waals surface area contributed by atoms with E-state index < -0.39 is 0 Å². The standard InChI is InChI=1S/C22H28N2OS/c1-3-24-14-5-4-9-20(24)16-23-22(25)19-8-6-7-18(15-19)17-10-12-21(26-2)13-11-17/h6-8,10-13,15,20H,3-5,9,14,16H2,1-2H3,(H,23,25)/t20-/m0/s1. The summed E-state index contributed by atoms with van der Waals surface area (Å²) in [5.74, 6) is 0.0224. The number of piperidine rings is 1. The number of carbonyl (C=O) groups is 1. The average molecular weight is 369 g/mol. The molecule has 2 aromatic carbocycles. The van der Waals surface area contributed by atoms with Gasteiger partial charge in [0.25, 0.3) is 5.91 Å². The van der Waals surface area contributed by atoms with Gasteiger partial charge >= 0.3 is 0 Å². The Labute approximate surface area is 161 Å². The van der Waals surface area contributed by atoms with Crippen molar-refractivity contribution in [3.8, 4) is 11.1 Å². The first-order valence-electron chi connectivity index (χ1n) is 9.48. The zero-order valence-corrected chi connectivity index (χ0v) is 16.5. The first-order chi connectivity index (χ1) is 12.7. The minimum absolute atomic E-state index is 0.0224. The maximum Gasteiger partial charge on any atom is 0.251 e. The van der Waals surface area contributed by atoms with Crippen LogP contribution in [0.5, 0.6) is 0 Å². The molecule has 138 valence electrons. The number of hydrogen-bond donors (Lipinski definition) is 1. The predicted octanol–water partition coefficient (Wildman–Crippen LogP) is 4.68. The van der Waals surface area contributed by atoms with Crippen LogP contribution >= 0.6 is 11.8 Å². The first-order valence-corrected chi connectivity index (χ1v) is 10.7. The molecule has 3 rings (SSSR count). The molecule has 0 spiro atoms. The molecule has 1 N–H and O–H groups in total. The number of carbonyl (C=O) groups excluding carboxylic acids is 1. The second kappa shape index (κ2) is 9.24. The van der Waals surface area contributed by atoms with Gasteiger partial charge in [-0.05, 0) is 67.6 Å². The van der Waals surface area contributed by atoms with E-state index in [-0.39, 0.29) is 5.91 Å². The summed E-state index contributed by atoms with van der Waals surface area (Å²) >= 11 is 1.73. The molecule has 0 saturated carbocycles.